The minimum atomic E-state index is -0.270. The second-order valence-corrected chi connectivity index (χ2v) is 3.85. The molecule has 0 saturated heterocycles. The number of hydrazine groups is 1. The zero-order chi connectivity index (χ0) is 11.5. The monoisotopic (exact) mass is 239 g/mol. The molecule has 9 heteroatoms. The normalized spacial score (nSPS) is 10.4. The molecule has 2 heterocycles. The van der Waals surface area contributed by atoms with E-state index in [1.807, 2.05) is 0 Å². The number of hydrogen-bond donors (Lipinski definition) is 3. The number of nitrogen functional groups attached to an aromatic ring is 1. The summed E-state index contributed by atoms with van der Waals surface area (Å²) in [6.45, 7) is 0. The van der Waals surface area contributed by atoms with Gasteiger partial charge < -0.3 is 5.43 Å². The topological polar surface area (TPSA) is 115 Å². The van der Waals surface area contributed by atoms with Crippen LogP contribution in [0.4, 0.5) is 5.82 Å². The van der Waals surface area contributed by atoms with Gasteiger partial charge in [0.15, 0.2) is 5.16 Å². The van der Waals surface area contributed by atoms with E-state index in [0.717, 1.165) is 0 Å². The molecule has 0 aliphatic carbocycles. The van der Waals surface area contributed by atoms with E-state index in [0.29, 0.717) is 16.0 Å². The number of nitrogens with two attached hydrogens (primary N) is 1. The molecule has 0 unspecified atom stereocenters. The van der Waals surface area contributed by atoms with E-state index in [9.17, 15) is 4.79 Å². The van der Waals surface area contributed by atoms with Crippen molar-refractivity contribution in [2.75, 3.05) is 5.43 Å². The van der Waals surface area contributed by atoms with Crippen LogP contribution in [0.15, 0.2) is 27.4 Å². The molecule has 2 aromatic rings. The molecule has 0 amide bonds. The number of nitrogens with one attached hydrogen (secondary N) is 2. The first-order valence-corrected chi connectivity index (χ1v) is 5.10. The number of rotatable bonds is 3. The molecule has 0 bridgehead atoms. The number of nitrogens with zero attached hydrogens (tertiary/aromatic N) is 4. The molecule has 84 valence electrons. The van der Waals surface area contributed by atoms with Crippen LogP contribution in [-0.4, -0.2) is 24.7 Å². The lowest BCUT2D eigenvalue weighted by molar-refractivity contribution is 0.764. The molecule has 0 atom stereocenters. The fourth-order valence-corrected chi connectivity index (χ4v) is 1.76. The first-order valence-electron chi connectivity index (χ1n) is 4.28. The third kappa shape index (κ3) is 2.04. The lowest BCUT2D eigenvalue weighted by atomic mass is 10.6. The van der Waals surface area contributed by atoms with Crippen molar-refractivity contribution < 1.29 is 0 Å². The molecule has 0 radical (unpaired) electrons. The molecule has 0 aromatic carbocycles. The third-order valence-corrected chi connectivity index (χ3v) is 2.80. The van der Waals surface area contributed by atoms with Gasteiger partial charge in [-0.2, -0.15) is 0 Å². The van der Waals surface area contributed by atoms with Crippen LogP contribution in [0.3, 0.4) is 0 Å². The van der Waals surface area contributed by atoms with Gasteiger partial charge in [-0.1, -0.05) is 0 Å². The molecular weight excluding hydrogens is 230 g/mol. The van der Waals surface area contributed by atoms with Crippen LogP contribution in [0.2, 0.25) is 0 Å². The van der Waals surface area contributed by atoms with E-state index >= 15 is 0 Å². The Hall–Kier alpha value is -1.87. The molecular formula is C7H9N7OS. The highest BCUT2D eigenvalue weighted by atomic mass is 32.2. The minimum Gasteiger partial charge on any atom is -0.308 e. The summed E-state index contributed by atoms with van der Waals surface area (Å²) in [4.78, 5) is 19.0. The van der Waals surface area contributed by atoms with E-state index in [2.05, 4.69) is 25.6 Å². The second kappa shape index (κ2) is 4.33. The van der Waals surface area contributed by atoms with Crippen molar-refractivity contribution in [1.29, 1.82) is 0 Å². The second-order valence-electron chi connectivity index (χ2n) is 2.86. The van der Waals surface area contributed by atoms with Gasteiger partial charge >= 0.3 is 5.69 Å². The molecule has 8 nitrogen and oxygen atoms in total. The lowest BCUT2D eigenvalue weighted by Gasteiger charge is -2.01. The van der Waals surface area contributed by atoms with Crippen molar-refractivity contribution in [3.05, 3.63) is 22.9 Å². The van der Waals surface area contributed by atoms with Crippen LogP contribution in [0.25, 0.3) is 0 Å². The average molecular weight is 239 g/mol. The maximum Gasteiger partial charge on any atom is 0.343 e. The molecule has 0 spiro atoms. The van der Waals surface area contributed by atoms with E-state index in [4.69, 9.17) is 5.84 Å². The summed E-state index contributed by atoms with van der Waals surface area (Å²) in [6.07, 6.45) is 1.38. The van der Waals surface area contributed by atoms with Gasteiger partial charge in [0, 0.05) is 13.1 Å². The zero-order valence-electron chi connectivity index (χ0n) is 8.34. The Morgan fingerprint density at radius 3 is 3.00 bits per heavy atom. The van der Waals surface area contributed by atoms with Gasteiger partial charge in [0.25, 0.3) is 0 Å². The fourth-order valence-electron chi connectivity index (χ4n) is 0.992. The number of hydrogen-bond acceptors (Lipinski definition) is 7. The van der Waals surface area contributed by atoms with Crippen molar-refractivity contribution >= 4 is 17.6 Å². The summed E-state index contributed by atoms with van der Waals surface area (Å²) in [5, 5.41) is 7.34. The van der Waals surface area contributed by atoms with Crippen molar-refractivity contribution in [2.24, 2.45) is 12.9 Å². The summed E-state index contributed by atoms with van der Waals surface area (Å²) in [5.74, 6) is 5.72. The zero-order valence-corrected chi connectivity index (χ0v) is 9.15. The number of anilines is 1. The summed E-state index contributed by atoms with van der Waals surface area (Å²) < 4.78 is 1.39. The van der Waals surface area contributed by atoms with E-state index in [1.54, 1.807) is 13.1 Å². The minimum absolute atomic E-state index is 0.270. The Bertz CT molecular complexity index is 548. The number of aromatic nitrogens is 5. The lowest BCUT2D eigenvalue weighted by Crippen LogP contribution is -2.13. The Labute approximate surface area is 94.3 Å². The molecule has 16 heavy (non-hydrogen) atoms. The summed E-state index contributed by atoms with van der Waals surface area (Å²) in [5.41, 5.74) is 2.14. The largest absolute Gasteiger partial charge is 0.343 e. The van der Waals surface area contributed by atoms with Crippen LogP contribution in [0.1, 0.15) is 0 Å². The van der Waals surface area contributed by atoms with Gasteiger partial charge in [-0.3, -0.25) is 4.57 Å². The van der Waals surface area contributed by atoms with Gasteiger partial charge in [-0.25, -0.2) is 25.7 Å². The summed E-state index contributed by atoms with van der Waals surface area (Å²) in [7, 11) is 1.62. The SMILES string of the molecule is Cn1c(Sc2cc(NN)ncn2)n[nH]c1=O. The smallest absolute Gasteiger partial charge is 0.308 e. The van der Waals surface area contributed by atoms with Crippen LogP contribution >= 0.6 is 11.8 Å². The predicted molar refractivity (Wildman–Crippen MR) is 57.8 cm³/mol. The molecule has 4 N–H and O–H groups in total. The Morgan fingerprint density at radius 2 is 2.38 bits per heavy atom. The average Bonchev–Trinajstić information content (AvgIpc) is 2.61. The highest BCUT2D eigenvalue weighted by Gasteiger charge is 2.07. The van der Waals surface area contributed by atoms with Crippen LogP contribution in [-0.2, 0) is 7.05 Å². The quantitative estimate of drug-likeness (QED) is 0.370. The van der Waals surface area contributed by atoms with Crippen LogP contribution < -0.4 is 17.0 Å². The maximum atomic E-state index is 11.1. The van der Waals surface area contributed by atoms with E-state index in [-0.39, 0.29) is 5.69 Å². The van der Waals surface area contributed by atoms with E-state index in [1.165, 1.54) is 22.7 Å². The van der Waals surface area contributed by atoms with Gasteiger partial charge in [0.2, 0.25) is 0 Å². The Kier molecular flexibility index (Phi) is 2.88. The Balaban J connectivity index is 2.26. The molecule has 0 fully saturated rings. The first kappa shape index (κ1) is 10.6. The third-order valence-electron chi connectivity index (χ3n) is 1.82. The summed E-state index contributed by atoms with van der Waals surface area (Å²) in [6, 6.07) is 1.66. The highest BCUT2D eigenvalue weighted by Crippen LogP contribution is 2.23. The predicted octanol–water partition coefficient (Wildman–Crippen LogP) is -0.665. The molecule has 0 saturated carbocycles. The highest BCUT2D eigenvalue weighted by molar-refractivity contribution is 7.99. The van der Waals surface area contributed by atoms with Crippen molar-refractivity contribution in [3.8, 4) is 0 Å². The van der Waals surface area contributed by atoms with Crippen molar-refractivity contribution in [2.45, 2.75) is 10.2 Å². The molecule has 0 aliphatic rings. The molecule has 0 aliphatic heterocycles. The van der Waals surface area contributed by atoms with Crippen LogP contribution in [0, 0.1) is 0 Å². The van der Waals surface area contributed by atoms with Gasteiger partial charge in [0.05, 0.1) is 0 Å². The number of aromatic amines is 1. The Morgan fingerprint density at radius 1 is 1.56 bits per heavy atom. The van der Waals surface area contributed by atoms with Crippen molar-refractivity contribution in [3.63, 3.8) is 0 Å². The summed E-state index contributed by atoms with van der Waals surface area (Å²) >= 11 is 1.24. The van der Waals surface area contributed by atoms with Gasteiger partial charge in [-0.15, -0.1) is 5.10 Å². The van der Waals surface area contributed by atoms with Gasteiger partial charge in [0.1, 0.15) is 17.2 Å². The first-order chi connectivity index (χ1) is 7.70. The maximum absolute atomic E-state index is 11.1. The van der Waals surface area contributed by atoms with E-state index < -0.39 is 0 Å². The van der Waals surface area contributed by atoms with Gasteiger partial charge in [-0.05, 0) is 11.8 Å². The van der Waals surface area contributed by atoms with Crippen LogP contribution in [0.5, 0.6) is 0 Å². The fraction of sp³-hybridized carbons (Fsp3) is 0.143. The standard InChI is InChI=1S/C7H9N7OS/c1-14-6(15)12-13-7(14)16-5-2-4(11-8)9-3-10-5/h2-3H,8H2,1H3,(H,12,15)(H,9,10,11). The molecule has 2 aromatic heterocycles. The number of H-pyrrole nitrogens is 1. The van der Waals surface area contributed by atoms with Crippen molar-refractivity contribution in [1.82, 2.24) is 24.7 Å². The molecule has 2 rings (SSSR count).